The first kappa shape index (κ1) is 31.3. The lowest BCUT2D eigenvalue weighted by Crippen LogP contribution is -2.41. The van der Waals surface area contributed by atoms with Crippen LogP contribution in [0.3, 0.4) is 0 Å². The summed E-state index contributed by atoms with van der Waals surface area (Å²) in [6, 6.07) is 9.87. The summed E-state index contributed by atoms with van der Waals surface area (Å²) in [6.07, 6.45) is 4.31. The van der Waals surface area contributed by atoms with Crippen LogP contribution in [0.15, 0.2) is 47.2 Å². The molecule has 0 spiro atoms. The van der Waals surface area contributed by atoms with Crippen molar-refractivity contribution in [1.82, 2.24) is 14.9 Å². The van der Waals surface area contributed by atoms with Crippen molar-refractivity contribution in [2.24, 2.45) is 5.92 Å². The molecule has 3 heterocycles. The number of nitrogens with zero attached hydrogens (tertiary/aromatic N) is 3. The van der Waals surface area contributed by atoms with Gasteiger partial charge in [0.2, 0.25) is 0 Å². The minimum Gasteiger partial charge on any atom is -0.491 e. The van der Waals surface area contributed by atoms with Gasteiger partial charge in [0.15, 0.2) is 6.29 Å². The first-order chi connectivity index (χ1) is 20.7. The van der Waals surface area contributed by atoms with E-state index < -0.39 is 17.9 Å². The van der Waals surface area contributed by atoms with Crippen molar-refractivity contribution in [2.45, 2.75) is 63.7 Å². The second kappa shape index (κ2) is 14.1. The van der Waals surface area contributed by atoms with Crippen LogP contribution in [-0.2, 0) is 15.4 Å². The molecule has 0 bridgehead atoms. The van der Waals surface area contributed by atoms with Crippen molar-refractivity contribution in [1.29, 1.82) is 0 Å². The van der Waals surface area contributed by atoms with Gasteiger partial charge in [0.05, 0.1) is 19.8 Å². The fourth-order valence-corrected chi connectivity index (χ4v) is 6.08. The molecule has 1 unspecified atom stereocenters. The van der Waals surface area contributed by atoms with Gasteiger partial charge in [-0.1, -0.05) is 34.1 Å². The van der Waals surface area contributed by atoms with Crippen molar-refractivity contribution in [3.8, 4) is 5.75 Å². The largest absolute Gasteiger partial charge is 0.491 e. The summed E-state index contributed by atoms with van der Waals surface area (Å²) in [5.41, 5.74) is 1.28. The molecule has 1 amide bonds. The second-order valence-corrected chi connectivity index (χ2v) is 12.0. The molecular weight excluding hydrogens is 626 g/mol. The molecule has 1 atom stereocenters. The lowest BCUT2D eigenvalue weighted by atomic mass is 9.85. The number of halogens is 3. The number of unbranched alkanes of at least 4 members (excludes halogenated alkanes) is 2. The number of rotatable bonds is 12. The number of benzene rings is 2. The third kappa shape index (κ3) is 7.71. The number of carbonyl (C=O) groups is 1. The lowest BCUT2D eigenvalue weighted by Gasteiger charge is -2.35. The van der Waals surface area contributed by atoms with Crippen molar-refractivity contribution in [3.05, 3.63) is 58.3 Å². The van der Waals surface area contributed by atoms with E-state index in [1.165, 1.54) is 23.4 Å². The third-order valence-electron chi connectivity index (χ3n) is 8.10. The Labute approximate surface area is 258 Å². The molecule has 0 radical (unpaired) electrons. The van der Waals surface area contributed by atoms with Gasteiger partial charge in [0.25, 0.3) is 5.92 Å². The first-order valence-electron chi connectivity index (χ1n) is 14.8. The highest BCUT2D eigenvalue weighted by molar-refractivity contribution is 9.10. The summed E-state index contributed by atoms with van der Waals surface area (Å²) in [7, 11) is 0. The smallest absolute Gasteiger partial charge is 0.407 e. The number of hydrogen-bond acceptors (Lipinski definition) is 7. The van der Waals surface area contributed by atoms with E-state index >= 15 is 8.78 Å². The van der Waals surface area contributed by atoms with Crippen molar-refractivity contribution in [3.63, 3.8) is 0 Å². The number of hydrogen-bond donors (Lipinski definition) is 2. The van der Waals surface area contributed by atoms with Crippen molar-refractivity contribution in [2.75, 3.05) is 38.2 Å². The van der Waals surface area contributed by atoms with E-state index in [2.05, 4.69) is 31.2 Å². The zero-order valence-electron chi connectivity index (χ0n) is 24.1. The van der Waals surface area contributed by atoms with Crippen LogP contribution in [0.5, 0.6) is 5.75 Å². The molecule has 2 aliphatic rings. The average Bonchev–Trinajstić information content (AvgIpc) is 3.53. The van der Waals surface area contributed by atoms with Crippen LogP contribution in [0, 0.1) is 5.92 Å². The highest BCUT2D eigenvalue weighted by Gasteiger charge is 2.43. The van der Waals surface area contributed by atoms with Gasteiger partial charge < -0.3 is 29.5 Å². The molecule has 3 aromatic rings. The number of aromatic nitrogens is 2. The molecule has 2 aliphatic heterocycles. The second-order valence-electron chi connectivity index (χ2n) is 11.0. The molecule has 2 N–H and O–H groups in total. The molecule has 0 aliphatic carbocycles. The fraction of sp³-hybridized carbons (Fsp3) is 0.516. The van der Waals surface area contributed by atoms with Crippen LogP contribution >= 0.6 is 15.9 Å². The quantitative estimate of drug-likeness (QED) is 0.194. The molecule has 232 valence electrons. The summed E-state index contributed by atoms with van der Waals surface area (Å²) in [6.45, 7) is 3.99. The SMILES string of the molecule is CC(Nc1ncnc2c(OCCCCCC3OCCO3)cc(Br)cc12)c1cccc(C(F)(F)C2CCN(C(=O)O)CC2)c1. The van der Waals surface area contributed by atoms with Gasteiger partial charge in [-0.05, 0) is 69.2 Å². The van der Waals surface area contributed by atoms with Crippen molar-refractivity contribution < 1.29 is 32.9 Å². The molecular formula is C31H37BrF2N4O5. The monoisotopic (exact) mass is 662 g/mol. The molecule has 2 saturated heterocycles. The Balaban J connectivity index is 1.24. The van der Waals surface area contributed by atoms with E-state index in [0.717, 1.165) is 35.5 Å². The Morgan fingerprint density at radius 1 is 1.16 bits per heavy atom. The predicted molar refractivity (Wildman–Crippen MR) is 162 cm³/mol. The van der Waals surface area contributed by atoms with E-state index in [4.69, 9.17) is 19.3 Å². The normalized spacial score (nSPS) is 17.3. The minimum absolute atomic E-state index is 0.0679. The van der Waals surface area contributed by atoms with E-state index in [1.54, 1.807) is 6.07 Å². The van der Waals surface area contributed by atoms with Gasteiger partial charge >= 0.3 is 6.09 Å². The maximum atomic E-state index is 15.5. The van der Waals surface area contributed by atoms with Gasteiger partial charge in [-0.25, -0.2) is 23.5 Å². The first-order valence-corrected chi connectivity index (χ1v) is 15.5. The van der Waals surface area contributed by atoms with E-state index in [0.29, 0.717) is 42.5 Å². The Hall–Kier alpha value is -3.09. The van der Waals surface area contributed by atoms with Crippen LogP contribution in [0.2, 0.25) is 0 Å². The maximum Gasteiger partial charge on any atom is 0.407 e. The topological polar surface area (TPSA) is 106 Å². The third-order valence-corrected chi connectivity index (χ3v) is 8.56. The Bertz CT molecular complexity index is 1400. The van der Waals surface area contributed by atoms with Gasteiger partial charge in [-0.3, -0.25) is 0 Å². The summed E-state index contributed by atoms with van der Waals surface area (Å²) >= 11 is 3.57. The highest BCUT2D eigenvalue weighted by Crippen LogP contribution is 2.42. The number of ether oxygens (including phenoxy) is 3. The van der Waals surface area contributed by atoms with Crippen molar-refractivity contribution >= 4 is 38.7 Å². The van der Waals surface area contributed by atoms with Crippen LogP contribution in [-0.4, -0.2) is 65.3 Å². The zero-order valence-corrected chi connectivity index (χ0v) is 25.7. The summed E-state index contributed by atoms with van der Waals surface area (Å²) in [5.74, 6) is -2.78. The number of likely N-dealkylation sites (tertiary alicyclic amines) is 1. The number of amides is 1. The lowest BCUT2D eigenvalue weighted by molar-refractivity contribution is -0.0836. The average molecular weight is 664 g/mol. The molecule has 12 heteroatoms. The Kier molecular flexibility index (Phi) is 10.3. The Morgan fingerprint density at radius 2 is 1.93 bits per heavy atom. The molecule has 9 nitrogen and oxygen atoms in total. The number of carboxylic acid groups (broad SMARTS) is 1. The van der Waals surface area contributed by atoms with Crippen LogP contribution in [0.4, 0.5) is 19.4 Å². The van der Waals surface area contributed by atoms with E-state index in [9.17, 15) is 4.79 Å². The predicted octanol–water partition coefficient (Wildman–Crippen LogP) is 7.36. The summed E-state index contributed by atoms with van der Waals surface area (Å²) in [4.78, 5) is 21.3. The highest BCUT2D eigenvalue weighted by atomic mass is 79.9. The molecule has 2 fully saturated rings. The number of nitrogens with one attached hydrogen (secondary N) is 1. The van der Waals surface area contributed by atoms with Crippen LogP contribution in [0.1, 0.15) is 62.6 Å². The molecule has 1 aromatic heterocycles. The number of alkyl halides is 2. The van der Waals surface area contributed by atoms with Gasteiger partial charge in [0.1, 0.15) is 23.4 Å². The molecule has 5 rings (SSSR count). The summed E-state index contributed by atoms with van der Waals surface area (Å²) < 4.78 is 49.0. The van der Waals surface area contributed by atoms with Crippen LogP contribution in [0.25, 0.3) is 10.9 Å². The minimum atomic E-state index is -3.07. The summed E-state index contributed by atoms with van der Waals surface area (Å²) in [5, 5.41) is 13.3. The number of anilines is 1. The maximum absolute atomic E-state index is 15.5. The standard InChI is InChI=1S/C31H37BrF2N4O5/c1-20(21-6-5-7-23(16-21)31(33,34)22-9-11-38(12-10-22)30(39)40)37-29-25-17-24(32)18-26(28(25)35-19-36-29)41-13-4-2-3-8-27-42-14-15-43-27/h5-7,16-20,22,27H,2-4,8-15H2,1H3,(H,39,40)(H,35,36,37). The van der Waals surface area contributed by atoms with Gasteiger partial charge in [-0.15, -0.1) is 0 Å². The number of piperidine rings is 1. The molecule has 43 heavy (non-hydrogen) atoms. The van der Waals surface area contributed by atoms with Crippen LogP contribution < -0.4 is 10.1 Å². The van der Waals surface area contributed by atoms with E-state index in [-0.39, 0.29) is 43.8 Å². The Morgan fingerprint density at radius 3 is 2.67 bits per heavy atom. The van der Waals surface area contributed by atoms with Gasteiger partial charge in [-0.2, -0.15) is 0 Å². The van der Waals surface area contributed by atoms with E-state index in [1.807, 2.05) is 25.1 Å². The zero-order chi connectivity index (χ0) is 30.4. The number of fused-ring (bicyclic) bond motifs is 1. The fourth-order valence-electron chi connectivity index (χ4n) is 5.65. The molecule has 2 aromatic carbocycles. The van der Waals surface area contributed by atoms with Gasteiger partial charge in [0, 0.05) is 40.5 Å². The molecule has 0 saturated carbocycles.